The highest BCUT2D eigenvalue weighted by Gasteiger charge is 2.23. The maximum Gasteiger partial charge on any atom is 0.185 e. The van der Waals surface area contributed by atoms with Crippen LogP contribution in [0.15, 0.2) is 5.38 Å². The zero-order valence-electron chi connectivity index (χ0n) is 10.5. The standard InChI is InChI=1S/C13H21N3S/c1-16(12-4-2-3-5-12)13-15-11(9-17-13)8-14-10-6-7-10/h9-10,12,14H,2-8H2,1H3. The Balaban J connectivity index is 1.57. The fraction of sp³-hybridized carbons (Fsp3) is 0.769. The third-order valence-electron chi connectivity index (χ3n) is 3.86. The lowest BCUT2D eigenvalue weighted by molar-refractivity contribution is 0.645. The molecule has 2 aliphatic rings. The van der Waals surface area contributed by atoms with Crippen molar-refractivity contribution in [3.05, 3.63) is 11.1 Å². The van der Waals surface area contributed by atoms with Crippen LogP contribution >= 0.6 is 11.3 Å². The first-order valence-electron chi connectivity index (χ1n) is 6.73. The highest BCUT2D eigenvalue weighted by Crippen LogP contribution is 2.29. The zero-order valence-corrected chi connectivity index (χ0v) is 11.3. The minimum atomic E-state index is 0.727. The largest absolute Gasteiger partial charge is 0.348 e. The Kier molecular flexibility index (Phi) is 3.34. The molecule has 0 unspecified atom stereocenters. The molecular formula is C13H21N3S. The van der Waals surface area contributed by atoms with Gasteiger partial charge in [0.05, 0.1) is 5.69 Å². The highest BCUT2D eigenvalue weighted by atomic mass is 32.1. The molecule has 0 aromatic carbocycles. The van der Waals surface area contributed by atoms with Gasteiger partial charge in [-0.05, 0) is 25.7 Å². The molecule has 0 radical (unpaired) electrons. The van der Waals surface area contributed by atoms with Gasteiger partial charge < -0.3 is 10.2 Å². The number of hydrogen-bond donors (Lipinski definition) is 1. The lowest BCUT2D eigenvalue weighted by Crippen LogP contribution is -2.28. The van der Waals surface area contributed by atoms with Gasteiger partial charge in [-0.2, -0.15) is 0 Å². The van der Waals surface area contributed by atoms with Crippen LogP contribution in [-0.4, -0.2) is 24.1 Å². The van der Waals surface area contributed by atoms with Crippen molar-refractivity contribution in [2.45, 2.75) is 57.2 Å². The maximum atomic E-state index is 4.74. The summed E-state index contributed by atoms with van der Waals surface area (Å²) in [6.07, 6.45) is 8.14. The van der Waals surface area contributed by atoms with Gasteiger partial charge in [0.1, 0.15) is 0 Å². The lowest BCUT2D eigenvalue weighted by Gasteiger charge is -2.23. The van der Waals surface area contributed by atoms with Crippen LogP contribution in [0.4, 0.5) is 5.13 Å². The number of nitrogens with one attached hydrogen (secondary N) is 1. The summed E-state index contributed by atoms with van der Waals surface area (Å²) >= 11 is 1.79. The minimum Gasteiger partial charge on any atom is -0.348 e. The van der Waals surface area contributed by atoms with Crippen LogP contribution in [0.2, 0.25) is 0 Å². The van der Waals surface area contributed by atoms with Crippen molar-refractivity contribution in [3.8, 4) is 0 Å². The number of hydrogen-bond acceptors (Lipinski definition) is 4. The number of anilines is 1. The number of thiazole rings is 1. The van der Waals surface area contributed by atoms with Gasteiger partial charge in [0.2, 0.25) is 0 Å². The van der Waals surface area contributed by atoms with E-state index in [0.29, 0.717) is 0 Å². The fourth-order valence-corrected chi connectivity index (χ4v) is 3.39. The molecule has 0 aliphatic heterocycles. The summed E-state index contributed by atoms with van der Waals surface area (Å²) in [7, 11) is 2.20. The Morgan fingerprint density at radius 2 is 2.12 bits per heavy atom. The monoisotopic (exact) mass is 251 g/mol. The van der Waals surface area contributed by atoms with Crippen molar-refractivity contribution in [3.63, 3.8) is 0 Å². The highest BCUT2D eigenvalue weighted by molar-refractivity contribution is 7.13. The molecule has 3 nitrogen and oxygen atoms in total. The predicted octanol–water partition coefficient (Wildman–Crippen LogP) is 2.77. The van der Waals surface area contributed by atoms with E-state index in [0.717, 1.165) is 18.6 Å². The molecule has 0 spiro atoms. The molecule has 1 N–H and O–H groups in total. The van der Waals surface area contributed by atoms with Crippen LogP contribution in [0, 0.1) is 0 Å². The third-order valence-corrected chi connectivity index (χ3v) is 4.84. The summed E-state index contributed by atoms with van der Waals surface area (Å²) < 4.78 is 0. The molecule has 2 saturated carbocycles. The quantitative estimate of drug-likeness (QED) is 0.872. The summed E-state index contributed by atoms with van der Waals surface area (Å²) in [4.78, 5) is 7.12. The van der Waals surface area contributed by atoms with Gasteiger partial charge >= 0.3 is 0 Å². The summed E-state index contributed by atoms with van der Waals surface area (Å²) in [5.74, 6) is 0. The first-order chi connectivity index (χ1) is 8.33. The van der Waals surface area contributed by atoms with E-state index in [1.54, 1.807) is 11.3 Å². The lowest BCUT2D eigenvalue weighted by atomic mass is 10.2. The van der Waals surface area contributed by atoms with Gasteiger partial charge in [0.15, 0.2) is 5.13 Å². The molecule has 0 atom stereocenters. The summed E-state index contributed by atoms with van der Waals surface area (Å²) in [6.45, 7) is 0.944. The SMILES string of the molecule is CN(c1nc(CNC2CC2)cs1)C1CCCC1. The van der Waals surface area contributed by atoms with E-state index in [1.165, 1.54) is 49.4 Å². The van der Waals surface area contributed by atoms with Crippen molar-refractivity contribution >= 4 is 16.5 Å². The van der Waals surface area contributed by atoms with Crippen LogP contribution < -0.4 is 10.2 Å². The van der Waals surface area contributed by atoms with Crippen LogP contribution in [0.25, 0.3) is 0 Å². The first kappa shape index (κ1) is 11.5. The van der Waals surface area contributed by atoms with Crippen molar-refractivity contribution < 1.29 is 0 Å². The first-order valence-corrected chi connectivity index (χ1v) is 7.61. The van der Waals surface area contributed by atoms with Crippen molar-refractivity contribution in [2.75, 3.05) is 11.9 Å². The van der Waals surface area contributed by atoms with Crippen molar-refractivity contribution in [1.29, 1.82) is 0 Å². The van der Waals surface area contributed by atoms with Crippen LogP contribution in [-0.2, 0) is 6.54 Å². The number of aromatic nitrogens is 1. The molecule has 94 valence electrons. The average molecular weight is 251 g/mol. The van der Waals surface area contributed by atoms with Gasteiger partial charge in [-0.1, -0.05) is 12.8 Å². The van der Waals surface area contributed by atoms with Gasteiger partial charge in [-0.25, -0.2) is 4.98 Å². The predicted molar refractivity (Wildman–Crippen MR) is 72.6 cm³/mol. The Hall–Kier alpha value is -0.610. The Bertz CT molecular complexity index is 366. The Morgan fingerprint density at radius 1 is 1.35 bits per heavy atom. The van der Waals surface area contributed by atoms with Crippen LogP contribution in [0.5, 0.6) is 0 Å². The normalized spacial score (nSPS) is 21.0. The second-order valence-corrected chi connectivity index (χ2v) is 6.16. The van der Waals surface area contributed by atoms with Crippen molar-refractivity contribution in [2.24, 2.45) is 0 Å². The summed E-state index contributed by atoms with van der Waals surface area (Å²) in [6, 6.07) is 1.50. The molecule has 0 saturated heterocycles. The minimum absolute atomic E-state index is 0.727. The Morgan fingerprint density at radius 3 is 2.82 bits per heavy atom. The third kappa shape index (κ3) is 2.80. The molecule has 0 bridgehead atoms. The van der Waals surface area contributed by atoms with Gasteiger partial charge in [-0.15, -0.1) is 11.3 Å². The molecule has 3 rings (SSSR count). The van der Waals surface area contributed by atoms with Crippen molar-refractivity contribution in [1.82, 2.24) is 10.3 Å². The smallest absolute Gasteiger partial charge is 0.185 e. The summed E-state index contributed by atoms with van der Waals surface area (Å²) in [5, 5.41) is 6.92. The van der Waals surface area contributed by atoms with Gasteiger partial charge in [-0.3, -0.25) is 0 Å². The molecule has 4 heteroatoms. The Labute approximate surface area is 107 Å². The topological polar surface area (TPSA) is 28.2 Å². The maximum absolute atomic E-state index is 4.74. The molecule has 1 aromatic rings. The van der Waals surface area contributed by atoms with Crippen LogP contribution in [0.1, 0.15) is 44.2 Å². The number of rotatable bonds is 5. The van der Waals surface area contributed by atoms with E-state index in [4.69, 9.17) is 4.98 Å². The molecule has 0 amide bonds. The molecule has 2 aliphatic carbocycles. The van der Waals surface area contributed by atoms with E-state index < -0.39 is 0 Å². The van der Waals surface area contributed by atoms with Crippen LogP contribution in [0.3, 0.4) is 0 Å². The fourth-order valence-electron chi connectivity index (χ4n) is 2.52. The molecule has 2 fully saturated rings. The van der Waals surface area contributed by atoms with Gasteiger partial charge in [0, 0.05) is 31.1 Å². The molecule has 17 heavy (non-hydrogen) atoms. The van der Waals surface area contributed by atoms with E-state index in [9.17, 15) is 0 Å². The van der Waals surface area contributed by atoms with E-state index in [1.807, 2.05) is 0 Å². The van der Waals surface area contributed by atoms with E-state index in [-0.39, 0.29) is 0 Å². The van der Waals surface area contributed by atoms with E-state index >= 15 is 0 Å². The zero-order chi connectivity index (χ0) is 11.7. The second-order valence-electron chi connectivity index (χ2n) is 5.33. The molecule has 1 heterocycles. The second kappa shape index (κ2) is 4.94. The van der Waals surface area contributed by atoms with Gasteiger partial charge in [0.25, 0.3) is 0 Å². The number of nitrogens with zero attached hydrogens (tertiary/aromatic N) is 2. The molecular weight excluding hydrogens is 230 g/mol. The average Bonchev–Trinajstić information content (AvgIpc) is 2.86. The summed E-state index contributed by atoms with van der Waals surface area (Å²) in [5.41, 5.74) is 1.21. The van der Waals surface area contributed by atoms with E-state index in [2.05, 4.69) is 22.6 Å². The molecule has 1 aromatic heterocycles.